The smallest absolute Gasteiger partial charge is 0.00264 e. The Morgan fingerprint density at radius 1 is 0.287 bits per heavy atom. The van der Waals surface area contributed by atoms with Crippen LogP contribution in [-0.4, -0.2) is 0 Å². The van der Waals surface area contributed by atoms with Crippen molar-refractivity contribution in [3.8, 4) is 44.5 Å². The van der Waals surface area contributed by atoms with Gasteiger partial charge in [0.25, 0.3) is 0 Å². The van der Waals surface area contributed by atoms with E-state index < -0.39 is 0 Å². The number of rotatable bonds is 26. The molecule has 5 unspecified atom stereocenters. The number of fused-ring (bicyclic) bond motifs is 4. The van der Waals surface area contributed by atoms with Gasteiger partial charge in [-0.3, -0.25) is 0 Å². The van der Waals surface area contributed by atoms with Crippen LogP contribution in [0, 0.1) is 5.92 Å². The van der Waals surface area contributed by atoms with E-state index >= 15 is 0 Å². The van der Waals surface area contributed by atoms with Crippen LogP contribution in [0.15, 0.2) is 292 Å². The highest BCUT2D eigenvalue weighted by molar-refractivity contribution is 6.22. The molecule has 5 atom stereocenters. The molecule has 0 saturated carbocycles. The third kappa shape index (κ3) is 13.4. The zero-order chi connectivity index (χ0) is 59.2. The van der Waals surface area contributed by atoms with E-state index in [1.807, 2.05) is 0 Å². The standard InChI is InChI=1S/C87H84/c1-4-64(50-52-71(68-34-17-10-18-35-68)51-49-63(3)66-54-59-74(60-55-66)86-80-45-27-23-41-76(80)84(72-37-19-11-20-38-72)77-42-24-28-46-81(77)86)31-13-7-6-8-14-36-69(67-32-15-9-16-33-67)56-53-65(5-2)70-57-61-75(62-58-70)87-82-47-29-25-43-78(82)85(73-39-21-12-22-40-73)79-44-26-30-48-83(79)87/h4,6,8-12,15-30,32-35,37-48,54-55,57-65,69,71H,1,5,7,13-14,31,36,49-53,56H2,2-3H3/b8-6+. The molecule has 0 amide bonds. The summed E-state index contributed by atoms with van der Waals surface area (Å²) in [5.41, 5.74) is 16.2. The lowest BCUT2D eigenvalue weighted by Crippen LogP contribution is -2.06. The van der Waals surface area contributed by atoms with Crippen LogP contribution in [0.3, 0.4) is 0 Å². The Labute approximate surface area is 519 Å². The maximum atomic E-state index is 4.37. The number of unbranched alkanes of at least 4 members (excludes halogenated alkanes) is 1. The van der Waals surface area contributed by atoms with Gasteiger partial charge in [-0.25, -0.2) is 0 Å². The Bertz CT molecular complexity index is 4080. The highest BCUT2D eigenvalue weighted by atomic mass is 14.3. The molecule has 0 heteroatoms. The molecule has 0 saturated heterocycles. The van der Waals surface area contributed by atoms with Gasteiger partial charge in [-0.05, 0) is 216 Å². The van der Waals surface area contributed by atoms with Crippen molar-refractivity contribution in [3.63, 3.8) is 0 Å². The maximum Gasteiger partial charge on any atom is -0.00264 e. The molecule has 0 heterocycles. The lowest BCUT2D eigenvalue weighted by Gasteiger charge is -2.22. The monoisotopic (exact) mass is 1130 g/mol. The zero-order valence-corrected chi connectivity index (χ0v) is 51.2. The first kappa shape index (κ1) is 58.5. The third-order valence-corrected chi connectivity index (χ3v) is 19.3. The molecule has 0 radical (unpaired) electrons. The van der Waals surface area contributed by atoms with E-state index in [1.165, 1.54) is 161 Å². The quantitative estimate of drug-likeness (QED) is 0.0288. The van der Waals surface area contributed by atoms with Crippen molar-refractivity contribution in [2.24, 2.45) is 5.92 Å². The highest BCUT2D eigenvalue weighted by Crippen LogP contribution is 2.46. The fourth-order valence-electron chi connectivity index (χ4n) is 14.5. The van der Waals surface area contributed by atoms with Gasteiger partial charge in [-0.1, -0.05) is 299 Å². The molecular weight excluding hydrogens is 1040 g/mol. The summed E-state index contributed by atoms with van der Waals surface area (Å²) >= 11 is 0. The Hall–Kier alpha value is -8.84. The van der Waals surface area contributed by atoms with Crippen molar-refractivity contribution >= 4 is 43.1 Å². The molecule has 87 heavy (non-hydrogen) atoms. The Morgan fingerprint density at radius 3 is 1.00 bits per heavy atom. The minimum absolute atomic E-state index is 0.459. The van der Waals surface area contributed by atoms with Gasteiger partial charge in [0.05, 0.1) is 0 Å². The second kappa shape index (κ2) is 28.6. The SMILES string of the molecule is C=CC(CCC/C=C/CCC(CCC(CC)c1ccc(-c2c3ccccc3c(-c3ccccc3)c3ccccc23)cc1)c1ccccc1)CCC(CCC(C)c1ccc(-c2c3ccccc3c(-c3ccccc3)c3ccccc23)cc1)c1ccccc1. The third-order valence-electron chi connectivity index (χ3n) is 19.3. The predicted molar refractivity (Wildman–Crippen MR) is 378 cm³/mol. The average molecular weight is 1130 g/mol. The van der Waals surface area contributed by atoms with E-state index in [-0.39, 0.29) is 0 Å². The van der Waals surface area contributed by atoms with E-state index in [0.717, 1.165) is 25.7 Å². The lowest BCUT2D eigenvalue weighted by molar-refractivity contribution is 0.444. The molecule has 12 aromatic carbocycles. The summed E-state index contributed by atoms with van der Waals surface area (Å²) in [7, 11) is 0. The minimum Gasteiger partial charge on any atom is -0.103 e. The van der Waals surface area contributed by atoms with Crippen LogP contribution >= 0.6 is 0 Å². The van der Waals surface area contributed by atoms with Crippen LogP contribution < -0.4 is 0 Å². The molecule has 12 rings (SSSR count). The highest BCUT2D eigenvalue weighted by Gasteiger charge is 2.22. The fraction of sp³-hybridized carbons (Fsp3) is 0.218. The normalized spacial score (nSPS) is 13.5. The van der Waals surface area contributed by atoms with Crippen LogP contribution in [-0.2, 0) is 0 Å². The van der Waals surface area contributed by atoms with Crippen molar-refractivity contribution < 1.29 is 0 Å². The van der Waals surface area contributed by atoms with Gasteiger partial charge in [0.15, 0.2) is 0 Å². The van der Waals surface area contributed by atoms with Crippen molar-refractivity contribution in [2.45, 2.75) is 115 Å². The summed E-state index contributed by atoms with van der Waals surface area (Å²) in [4.78, 5) is 0. The topological polar surface area (TPSA) is 0 Å². The van der Waals surface area contributed by atoms with Crippen molar-refractivity contribution in [2.75, 3.05) is 0 Å². The average Bonchev–Trinajstić information content (AvgIpc) is 1.18. The first-order valence-electron chi connectivity index (χ1n) is 32.6. The van der Waals surface area contributed by atoms with Gasteiger partial charge in [0, 0.05) is 0 Å². The second-order valence-corrected chi connectivity index (χ2v) is 24.6. The van der Waals surface area contributed by atoms with Crippen LogP contribution in [0.1, 0.15) is 137 Å². The van der Waals surface area contributed by atoms with Crippen molar-refractivity contribution in [1.29, 1.82) is 0 Å². The van der Waals surface area contributed by atoms with Crippen LogP contribution in [0.2, 0.25) is 0 Å². The minimum atomic E-state index is 0.459. The zero-order valence-electron chi connectivity index (χ0n) is 51.2. The van der Waals surface area contributed by atoms with Crippen molar-refractivity contribution in [3.05, 3.63) is 314 Å². The summed E-state index contributed by atoms with van der Waals surface area (Å²) < 4.78 is 0. The van der Waals surface area contributed by atoms with Crippen molar-refractivity contribution in [1.82, 2.24) is 0 Å². The number of allylic oxidation sites excluding steroid dienone is 3. The molecule has 0 aliphatic carbocycles. The fourth-order valence-corrected chi connectivity index (χ4v) is 14.5. The van der Waals surface area contributed by atoms with E-state index in [1.54, 1.807) is 0 Å². The van der Waals surface area contributed by atoms with Gasteiger partial charge < -0.3 is 0 Å². The summed E-state index contributed by atoms with van der Waals surface area (Å²) in [6, 6.07) is 99.5. The molecule has 0 nitrogen and oxygen atoms in total. The van der Waals surface area contributed by atoms with E-state index in [4.69, 9.17) is 0 Å². The largest absolute Gasteiger partial charge is 0.103 e. The van der Waals surface area contributed by atoms with Crippen LogP contribution in [0.25, 0.3) is 87.6 Å². The molecular formula is C87H84. The van der Waals surface area contributed by atoms with Gasteiger partial charge in [-0.15, -0.1) is 6.58 Å². The summed E-state index contributed by atoms with van der Waals surface area (Å²) in [5, 5.41) is 10.4. The summed E-state index contributed by atoms with van der Waals surface area (Å²) in [6.07, 6.45) is 21.2. The molecule has 0 bridgehead atoms. The van der Waals surface area contributed by atoms with Gasteiger partial charge in [0.2, 0.25) is 0 Å². The molecule has 0 N–H and O–H groups in total. The number of hydrogen-bond acceptors (Lipinski definition) is 0. The Balaban J connectivity index is 0.641. The van der Waals surface area contributed by atoms with E-state index in [0.29, 0.717) is 29.6 Å². The molecule has 0 fully saturated rings. The van der Waals surface area contributed by atoms with E-state index in [2.05, 4.69) is 306 Å². The van der Waals surface area contributed by atoms with Crippen LogP contribution in [0.4, 0.5) is 0 Å². The lowest BCUT2D eigenvalue weighted by atomic mass is 9.82. The summed E-state index contributed by atoms with van der Waals surface area (Å²) in [5.74, 6) is 2.56. The molecule has 432 valence electrons. The number of hydrogen-bond donors (Lipinski definition) is 0. The first-order valence-corrected chi connectivity index (χ1v) is 32.6. The van der Waals surface area contributed by atoms with Gasteiger partial charge in [0.1, 0.15) is 0 Å². The first-order chi connectivity index (χ1) is 43.0. The van der Waals surface area contributed by atoms with E-state index in [9.17, 15) is 0 Å². The molecule has 0 aliphatic heterocycles. The molecule has 0 aromatic heterocycles. The van der Waals surface area contributed by atoms with Gasteiger partial charge in [-0.2, -0.15) is 0 Å². The predicted octanol–water partition coefficient (Wildman–Crippen LogP) is 25.5. The Kier molecular flexibility index (Phi) is 19.2. The molecule has 0 aliphatic rings. The maximum absolute atomic E-state index is 4.37. The number of benzene rings is 12. The molecule has 12 aromatic rings. The Morgan fingerprint density at radius 2 is 0.598 bits per heavy atom. The summed E-state index contributed by atoms with van der Waals surface area (Å²) in [6.45, 7) is 9.17. The second-order valence-electron chi connectivity index (χ2n) is 24.6. The van der Waals surface area contributed by atoms with Crippen LogP contribution in [0.5, 0.6) is 0 Å². The van der Waals surface area contributed by atoms with Gasteiger partial charge >= 0.3 is 0 Å². The molecule has 0 spiro atoms.